The van der Waals surface area contributed by atoms with E-state index < -0.39 is 16.0 Å². The predicted octanol–water partition coefficient (Wildman–Crippen LogP) is -0.242. The van der Waals surface area contributed by atoms with Gasteiger partial charge in [-0.25, -0.2) is 17.9 Å². The van der Waals surface area contributed by atoms with Gasteiger partial charge >= 0.3 is 5.97 Å². The Labute approximate surface area is 105 Å². The molecule has 1 aromatic heterocycles. The van der Waals surface area contributed by atoms with Gasteiger partial charge in [0.1, 0.15) is 10.6 Å². The largest absolute Gasteiger partial charge is 0.477 e. The zero-order valence-corrected chi connectivity index (χ0v) is 10.5. The van der Waals surface area contributed by atoms with Crippen LogP contribution in [0.2, 0.25) is 0 Å². The Hall–Kier alpha value is -1.38. The minimum Gasteiger partial charge on any atom is -0.477 e. The molecule has 1 heterocycles. The second kappa shape index (κ2) is 4.71. The molecule has 7 nitrogen and oxygen atoms in total. The summed E-state index contributed by atoms with van der Waals surface area (Å²) in [6.45, 7) is 0.313. The van der Waals surface area contributed by atoms with Crippen molar-refractivity contribution in [3.05, 3.63) is 18.0 Å². The minimum atomic E-state index is -3.68. The van der Waals surface area contributed by atoms with E-state index >= 15 is 0 Å². The maximum absolute atomic E-state index is 11.8. The molecule has 18 heavy (non-hydrogen) atoms. The third-order valence-electron chi connectivity index (χ3n) is 2.73. The molecule has 0 aromatic carbocycles. The van der Waals surface area contributed by atoms with Crippen molar-refractivity contribution >= 4 is 16.0 Å². The summed E-state index contributed by atoms with van der Waals surface area (Å²) in [6, 6.07) is 1.29. The molecule has 0 saturated heterocycles. The molecule has 0 radical (unpaired) electrons. The monoisotopic (exact) mass is 273 g/mol. The number of nitrogens with one attached hydrogen (secondary N) is 1. The third kappa shape index (κ3) is 2.55. The summed E-state index contributed by atoms with van der Waals surface area (Å²) >= 11 is 0. The fraction of sp³-hybridized carbons (Fsp3) is 0.500. The van der Waals surface area contributed by atoms with Gasteiger partial charge in [-0.15, -0.1) is 0 Å². The van der Waals surface area contributed by atoms with E-state index in [1.165, 1.54) is 16.8 Å². The zero-order valence-electron chi connectivity index (χ0n) is 9.67. The van der Waals surface area contributed by atoms with Gasteiger partial charge in [0.25, 0.3) is 0 Å². The quantitative estimate of drug-likeness (QED) is 0.661. The van der Waals surface area contributed by atoms with Gasteiger partial charge in [-0.3, -0.25) is 0 Å². The van der Waals surface area contributed by atoms with E-state index in [4.69, 9.17) is 10.8 Å². The molecule has 0 amide bonds. The van der Waals surface area contributed by atoms with Gasteiger partial charge < -0.3 is 15.4 Å². The first kappa shape index (κ1) is 13.1. The summed E-state index contributed by atoms with van der Waals surface area (Å²) in [7, 11) is -3.68. The average molecular weight is 273 g/mol. The van der Waals surface area contributed by atoms with Crippen LogP contribution in [0.1, 0.15) is 29.4 Å². The molecule has 0 atom stereocenters. The zero-order chi connectivity index (χ0) is 13.3. The first-order valence-electron chi connectivity index (χ1n) is 5.60. The molecule has 1 aliphatic rings. The SMILES string of the molecule is NCCNS(=O)(=O)c1cc(C(=O)O)n(C2CC2)c1. The molecule has 0 bridgehead atoms. The van der Waals surface area contributed by atoms with Crippen LogP contribution in [0.5, 0.6) is 0 Å². The van der Waals surface area contributed by atoms with E-state index in [1.807, 2.05) is 0 Å². The van der Waals surface area contributed by atoms with E-state index in [0.717, 1.165) is 12.8 Å². The van der Waals surface area contributed by atoms with Gasteiger partial charge in [0.2, 0.25) is 10.0 Å². The lowest BCUT2D eigenvalue weighted by Crippen LogP contribution is -2.28. The topological polar surface area (TPSA) is 114 Å². The Bertz CT molecular complexity index is 560. The Morgan fingerprint density at radius 3 is 2.72 bits per heavy atom. The van der Waals surface area contributed by atoms with E-state index in [2.05, 4.69) is 4.72 Å². The van der Waals surface area contributed by atoms with E-state index in [9.17, 15) is 13.2 Å². The first-order chi connectivity index (χ1) is 8.45. The molecule has 0 unspecified atom stereocenters. The number of nitrogens with two attached hydrogens (primary N) is 1. The number of carbonyl (C=O) groups is 1. The van der Waals surface area contributed by atoms with Crippen molar-refractivity contribution in [2.45, 2.75) is 23.8 Å². The lowest BCUT2D eigenvalue weighted by Gasteiger charge is -2.03. The third-order valence-corrected chi connectivity index (χ3v) is 4.16. The van der Waals surface area contributed by atoms with Crippen molar-refractivity contribution in [3.8, 4) is 0 Å². The van der Waals surface area contributed by atoms with Crippen molar-refractivity contribution in [1.29, 1.82) is 0 Å². The summed E-state index contributed by atoms with van der Waals surface area (Å²) in [6.07, 6.45) is 3.13. The molecule has 0 aliphatic heterocycles. The van der Waals surface area contributed by atoms with Crippen LogP contribution in [0, 0.1) is 0 Å². The summed E-state index contributed by atoms with van der Waals surface area (Å²) in [5.41, 5.74) is 5.23. The Balaban J connectivity index is 2.34. The second-order valence-corrected chi connectivity index (χ2v) is 5.96. The highest BCUT2D eigenvalue weighted by molar-refractivity contribution is 7.89. The predicted molar refractivity (Wildman–Crippen MR) is 63.9 cm³/mol. The van der Waals surface area contributed by atoms with Crippen LogP contribution < -0.4 is 10.5 Å². The van der Waals surface area contributed by atoms with Crippen LogP contribution in [0.4, 0.5) is 0 Å². The molecule has 1 fully saturated rings. The van der Waals surface area contributed by atoms with Crippen molar-refractivity contribution in [1.82, 2.24) is 9.29 Å². The van der Waals surface area contributed by atoms with Gasteiger partial charge in [0.15, 0.2) is 0 Å². The van der Waals surface area contributed by atoms with Crippen LogP contribution in [-0.4, -0.2) is 37.2 Å². The first-order valence-corrected chi connectivity index (χ1v) is 7.09. The fourth-order valence-corrected chi connectivity index (χ4v) is 2.78. The molecule has 1 aromatic rings. The highest BCUT2D eigenvalue weighted by Crippen LogP contribution is 2.37. The molecule has 0 spiro atoms. The van der Waals surface area contributed by atoms with Crippen molar-refractivity contribution in [2.75, 3.05) is 13.1 Å². The van der Waals surface area contributed by atoms with Crippen LogP contribution in [0.3, 0.4) is 0 Å². The number of carboxylic acids is 1. The fourth-order valence-electron chi connectivity index (χ4n) is 1.70. The summed E-state index contributed by atoms with van der Waals surface area (Å²) in [5.74, 6) is -1.12. The van der Waals surface area contributed by atoms with E-state index in [0.29, 0.717) is 0 Å². The number of aromatic nitrogens is 1. The Morgan fingerprint density at radius 2 is 2.22 bits per heavy atom. The van der Waals surface area contributed by atoms with Crippen LogP contribution in [0.25, 0.3) is 0 Å². The molecule has 1 aliphatic carbocycles. The molecule has 4 N–H and O–H groups in total. The lowest BCUT2D eigenvalue weighted by molar-refractivity contribution is 0.0685. The minimum absolute atomic E-state index is 0.00521. The maximum Gasteiger partial charge on any atom is 0.352 e. The summed E-state index contributed by atoms with van der Waals surface area (Å²) < 4.78 is 27.5. The second-order valence-electron chi connectivity index (χ2n) is 4.19. The highest BCUT2D eigenvalue weighted by atomic mass is 32.2. The number of hydrogen-bond acceptors (Lipinski definition) is 4. The van der Waals surface area contributed by atoms with Crippen LogP contribution >= 0.6 is 0 Å². The van der Waals surface area contributed by atoms with Gasteiger partial charge in [-0.1, -0.05) is 0 Å². The van der Waals surface area contributed by atoms with Crippen LogP contribution in [0.15, 0.2) is 17.2 Å². The molecular weight excluding hydrogens is 258 g/mol. The molecule has 2 rings (SSSR count). The van der Waals surface area contributed by atoms with E-state index in [-0.39, 0.29) is 29.7 Å². The average Bonchev–Trinajstić information content (AvgIpc) is 3.04. The Kier molecular flexibility index (Phi) is 3.42. The van der Waals surface area contributed by atoms with Gasteiger partial charge in [0, 0.05) is 25.3 Å². The lowest BCUT2D eigenvalue weighted by atomic mass is 10.4. The standard InChI is InChI=1S/C10H15N3O4S/c11-3-4-12-18(16,17)8-5-9(10(14)15)13(6-8)7-1-2-7/h5-7,12H,1-4,11H2,(H,14,15). The number of aromatic carboxylic acids is 1. The number of sulfonamides is 1. The van der Waals surface area contributed by atoms with Gasteiger partial charge in [-0.05, 0) is 18.9 Å². The maximum atomic E-state index is 11.8. The van der Waals surface area contributed by atoms with E-state index in [1.54, 1.807) is 0 Å². The summed E-state index contributed by atoms with van der Waals surface area (Å²) in [4.78, 5) is 11.0. The highest BCUT2D eigenvalue weighted by Gasteiger charge is 2.30. The van der Waals surface area contributed by atoms with Crippen molar-refractivity contribution in [3.63, 3.8) is 0 Å². The summed E-state index contributed by atoms with van der Waals surface area (Å²) in [5, 5.41) is 9.04. The number of hydrogen-bond donors (Lipinski definition) is 3. The number of carboxylic acid groups (broad SMARTS) is 1. The molecular formula is C10H15N3O4S. The van der Waals surface area contributed by atoms with Crippen LogP contribution in [-0.2, 0) is 10.0 Å². The smallest absolute Gasteiger partial charge is 0.352 e. The molecule has 1 saturated carbocycles. The Morgan fingerprint density at radius 1 is 1.56 bits per heavy atom. The molecule has 100 valence electrons. The number of rotatable bonds is 6. The normalized spacial score (nSPS) is 15.8. The number of nitrogens with zero attached hydrogens (tertiary/aromatic N) is 1. The molecule has 8 heteroatoms. The van der Waals surface area contributed by atoms with Crippen molar-refractivity contribution in [2.24, 2.45) is 5.73 Å². The van der Waals surface area contributed by atoms with Gasteiger partial charge in [-0.2, -0.15) is 0 Å². The van der Waals surface area contributed by atoms with Gasteiger partial charge in [0.05, 0.1) is 0 Å². The van der Waals surface area contributed by atoms with Crippen molar-refractivity contribution < 1.29 is 18.3 Å².